The van der Waals surface area contributed by atoms with E-state index in [2.05, 4.69) is 40.0 Å². The van der Waals surface area contributed by atoms with Crippen molar-refractivity contribution in [3.8, 4) is 0 Å². The van der Waals surface area contributed by atoms with Crippen LogP contribution in [0.15, 0.2) is 42.7 Å². The number of carbonyl (C=O) groups excluding carboxylic acids is 1. The van der Waals surface area contributed by atoms with Gasteiger partial charge in [0.1, 0.15) is 0 Å². The van der Waals surface area contributed by atoms with Crippen LogP contribution in [-0.4, -0.2) is 27.8 Å². The van der Waals surface area contributed by atoms with Crippen LogP contribution < -0.4 is 10.6 Å². The molecule has 1 saturated carbocycles. The summed E-state index contributed by atoms with van der Waals surface area (Å²) in [7, 11) is 0. The van der Waals surface area contributed by atoms with Crippen LogP contribution in [0.3, 0.4) is 0 Å². The molecule has 128 valence electrons. The van der Waals surface area contributed by atoms with Gasteiger partial charge in [-0.1, -0.05) is 24.3 Å². The Morgan fingerprint density at radius 3 is 2.50 bits per heavy atom. The van der Waals surface area contributed by atoms with Gasteiger partial charge in [0.2, 0.25) is 5.91 Å². The number of hydrogen-bond donors (Lipinski definition) is 2. The van der Waals surface area contributed by atoms with Crippen LogP contribution in [0.2, 0.25) is 0 Å². The predicted octanol–water partition coefficient (Wildman–Crippen LogP) is 2.47. The number of benzene rings is 1. The molecule has 1 fully saturated rings. The molecule has 0 saturated heterocycles. The Kier molecular flexibility index (Phi) is 5.64. The Morgan fingerprint density at radius 1 is 1.12 bits per heavy atom. The average Bonchev–Trinajstić information content (AvgIpc) is 3.08. The highest BCUT2D eigenvalue weighted by Crippen LogP contribution is 2.19. The van der Waals surface area contributed by atoms with Crippen LogP contribution in [0.1, 0.15) is 43.7 Å². The van der Waals surface area contributed by atoms with E-state index in [0.717, 1.165) is 38.8 Å². The number of carbonyl (C=O) groups is 1. The SMILES string of the molecule is CC(=O)NC1CCC(NCc2ccccc2Cn2cccn2)CC1. The maximum absolute atomic E-state index is 11.1. The van der Waals surface area contributed by atoms with Crippen LogP contribution >= 0.6 is 0 Å². The first-order valence-corrected chi connectivity index (χ1v) is 8.75. The van der Waals surface area contributed by atoms with E-state index in [0.29, 0.717) is 12.1 Å². The standard InChI is InChI=1S/C19H26N4O/c1-15(24)22-19-9-7-18(8-10-19)20-13-16-5-2-3-6-17(16)14-23-12-4-11-21-23/h2-6,11-12,18-20H,7-10,13-14H2,1H3,(H,22,24). The lowest BCUT2D eigenvalue weighted by Gasteiger charge is -2.29. The molecule has 1 aromatic carbocycles. The van der Waals surface area contributed by atoms with Crippen molar-refractivity contribution in [3.05, 3.63) is 53.9 Å². The van der Waals surface area contributed by atoms with Crippen molar-refractivity contribution in [3.63, 3.8) is 0 Å². The van der Waals surface area contributed by atoms with Gasteiger partial charge in [-0.05, 0) is 42.9 Å². The predicted molar refractivity (Wildman–Crippen MR) is 94.5 cm³/mol. The first kappa shape index (κ1) is 16.7. The fraction of sp³-hybridized carbons (Fsp3) is 0.474. The Hall–Kier alpha value is -2.14. The summed E-state index contributed by atoms with van der Waals surface area (Å²) in [6, 6.07) is 11.4. The molecule has 1 aromatic heterocycles. The van der Waals surface area contributed by atoms with E-state index in [-0.39, 0.29) is 5.91 Å². The lowest BCUT2D eigenvalue weighted by Crippen LogP contribution is -2.41. The Labute approximate surface area is 143 Å². The summed E-state index contributed by atoms with van der Waals surface area (Å²) in [5.41, 5.74) is 2.64. The molecule has 5 heteroatoms. The molecular weight excluding hydrogens is 300 g/mol. The summed E-state index contributed by atoms with van der Waals surface area (Å²) >= 11 is 0. The molecule has 0 bridgehead atoms. The van der Waals surface area contributed by atoms with Crippen molar-refractivity contribution in [2.45, 2.75) is 57.8 Å². The number of amides is 1. The molecule has 0 spiro atoms. The Bertz CT molecular complexity index is 645. The van der Waals surface area contributed by atoms with Gasteiger partial charge >= 0.3 is 0 Å². The molecule has 5 nitrogen and oxygen atoms in total. The number of aromatic nitrogens is 2. The molecule has 1 aliphatic carbocycles. The molecule has 2 N–H and O–H groups in total. The molecule has 1 heterocycles. The third-order valence-corrected chi connectivity index (χ3v) is 4.73. The van der Waals surface area contributed by atoms with Gasteiger partial charge in [0.15, 0.2) is 0 Å². The first-order valence-electron chi connectivity index (χ1n) is 8.75. The molecule has 2 aromatic rings. The van der Waals surface area contributed by atoms with Gasteiger partial charge in [0, 0.05) is 37.9 Å². The summed E-state index contributed by atoms with van der Waals surface area (Å²) < 4.78 is 1.96. The maximum Gasteiger partial charge on any atom is 0.217 e. The zero-order chi connectivity index (χ0) is 16.8. The van der Waals surface area contributed by atoms with Gasteiger partial charge in [0.05, 0.1) is 6.54 Å². The highest BCUT2D eigenvalue weighted by Gasteiger charge is 2.21. The van der Waals surface area contributed by atoms with Crippen molar-refractivity contribution in [1.82, 2.24) is 20.4 Å². The van der Waals surface area contributed by atoms with E-state index in [9.17, 15) is 4.79 Å². The third kappa shape index (κ3) is 4.68. The van der Waals surface area contributed by atoms with Crippen LogP contribution in [0.5, 0.6) is 0 Å². The summed E-state index contributed by atoms with van der Waals surface area (Å²) in [4.78, 5) is 11.1. The van der Waals surface area contributed by atoms with E-state index >= 15 is 0 Å². The number of nitrogens with zero attached hydrogens (tertiary/aromatic N) is 2. The van der Waals surface area contributed by atoms with Gasteiger partial charge in [-0.2, -0.15) is 5.10 Å². The number of rotatable bonds is 6. The van der Waals surface area contributed by atoms with Gasteiger partial charge < -0.3 is 10.6 Å². The van der Waals surface area contributed by atoms with Crippen LogP contribution in [-0.2, 0) is 17.9 Å². The average molecular weight is 326 g/mol. The highest BCUT2D eigenvalue weighted by atomic mass is 16.1. The smallest absolute Gasteiger partial charge is 0.217 e. The zero-order valence-electron chi connectivity index (χ0n) is 14.2. The minimum Gasteiger partial charge on any atom is -0.354 e. The van der Waals surface area contributed by atoms with Crippen LogP contribution in [0.25, 0.3) is 0 Å². The second-order valence-corrected chi connectivity index (χ2v) is 6.60. The Balaban J connectivity index is 1.51. The first-order chi connectivity index (χ1) is 11.7. The van der Waals surface area contributed by atoms with E-state index < -0.39 is 0 Å². The quantitative estimate of drug-likeness (QED) is 0.857. The summed E-state index contributed by atoms with van der Waals surface area (Å²) in [5.74, 6) is 0.0824. The molecule has 0 unspecified atom stereocenters. The topological polar surface area (TPSA) is 59.0 Å². The second kappa shape index (κ2) is 8.11. The van der Waals surface area contributed by atoms with Gasteiger partial charge in [0.25, 0.3) is 0 Å². The third-order valence-electron chi connectivity index (χ3n) is 4.73. The van der Waals surface area contributed by atoms with Crippen LogP contribution in [0, 0.1) is 0 Å². The fourth-order valence-electron chi connectivity index (χ4n) is 3.44. The summed E-state index contributed by atoms with van der Waals surface area (Å²) in [5, 5.41) is 11.0. The van der Waals surface area contributed by atoms with E-state index in [4.69, 9.17) is 0 Å². The van der Waals surface area contributed by atoms with Gasteiger partial charge in [-0.15, -0.1) is 0 Å². The lowest BCUT2D eigenvalue weighted by atomic mass is 9.91. The minimum atomic E-state index is 0.0824. The normalized spacial score (nSPS) is 20.7. The van der Waals surface area contributed by atoms with E-state index in [1.807, 2.05) is 23.1 Å². The maximum atomic E-state index is 11.1. The lowest BCUT2D eigenvalue weighted by molar-refractivity contribution is -0.119. The molecule has 0 radical (unpaired) electrons. The van der Waals surface area contributed by atoms with Crippen molar-refractivity contribution < 1.29 is 4.79 Å². The number of nitrogens with one attached hydrogen (secondary N) is 2. The minimum absolute atomic E-state index is 0.0824. The molecule has 1 aliphatic rings. The highest BCUT2D eigenvalue weighted by molar-refractivity contribution is 5.73. The largest absolute Gasteiger partial charge is 0.354 e. The van der Waals surface area contributed by atoms with Crippen molar-refractivity contribution >= 4 is 5.91 Å². The van der Waals surface area contributed by atoms with E-state index in [1.54, 1.807) is 6.92 Å². The van der Waals surface area contributed by atoms with Crippen LogP contribution in [0.4, 0.5) is 0 Å². The fourth-order valence-corrected chi connectivity index (χ4v) is 3.44. The molecule has 24 heavy (non-hydrogen) atoms. The van der Waals surface area contributed by atoms with Crippen molar-refractivity contribution in [1.29, 1.82) is 0 Å². The van der Waals surface area contributed by atoms with E-state index in [1.165, 1.54) is 11.1 Å². The second-order valence-electron chi connectivity index (χ2n) is 6.60. The number of hydrogen-bond acceptors (Lipinski definition) is 3. The van der Waals surface area contributed by atoms with Crippen molar-refractivity contribution in [2.75, 3.05) is 0 Å². The monoisotopic (exact) mass is 326 g/mol. The molecule has 0 aliphatic heterocycles. The molecule has 1 amide bonds. The summed E-state index contributed by atoms with van der Waals surface area (Å²) in [6.45, 7) is 3.29. The summed E-state index contributed by atoms with van der Waals surface area (Å²) in [6.07, 6.45) is 8.17. The zero-order valence-corrected chi connectivity index (χ0v) is 14.2. The van der Waals surface area contributed by atoms with Gasteiger partial charge in [-0.25, -0.2) is 0 Å². The Morgan fingerprint density at radius 2 is 1.83 bits per heavy atom. The molecule has 0 atom stereocenters. The van der Waals surface area contributed by atoms with Crippen molar-refractivity contribution in [2.24, 2.45) is 0 Å². The van der Waals surface area contributed by atoms with Gasteiger partial charge in [-0.3, -0.25) is 9.48 Å². The molecular formula is C19H26N4O. The molecule has 3 rings (SSSR count).